The minimum Gasteiger partial charge on any atom is -0.446 e. The Kier molecular flexibility index (Phi) is 7.47. The molecule has 0 aliphatic carbocycles. The molecule has 3 aromatic rings. The molecule has 0 aromatic heterocycles. The lowest BCUT2D eigenvalue weighted by Crippen LogP contribution is -2.51. The third kappa shape index (κ3) is 5.51. The number of alkyl halides is 1. The summed E-state index contributed by atoms with van der Waals surface area (Å²) in [5.41, 5.74) is 1.99. The van der Waals surface area contributed by atoms with E-state index in [1.807, 2.05) is 6.92 Å². The van der Waals surface area contributed by atoms with E-state index in [-0.39, 0.29) is 11.5 Å². The molecule has 1 saturated heterocycles. The monoisotopic (exact) mass is 532 g/mol. The third-order valence-electron chi connectivity index (χ3n) is 5.66. The van der Waals surface area contributed by atoms with Crippen molar-refractivity contribution in [2.45, 2.75) is 29.3 Å². The van der Waals surface area contributed by atoms with E-state index in [2.05, 4.69) is 4.72 Å². The van der Waals surface area contributed by atoms with Gasteiger partial charge in [-0.3, -0.25) is 4.79 Å². The molecule has 4 rings (SSSR count). The number of halogens is 2. The van der Waals surface area contributed by atoms with Gasteiger partial charge in [0.1, 0.15) is 18.7 Å². The number of hydrogen-bond acceptors (Lipinski definition) is 5. The van der Waals surface area contributed by atoms with Crippen molar-refractivity contribution in [3.63, 3.8) is 0 Å². The van der Waals surface area contributed by atoms with Crippen LogP contribution in [0.5, 0.6) is 0 Å². The average molecular weight is 533 g/mol. The first kappa shape index (κ1) is 25.2. The molecule has 3 atom stereocenters. The van der Waals surface area contributed by atoms with Gasteiger partial charge >= 0.3 is 6.09 Å². The van der Waals surface area contributed by atoms with E-state index in [1.165, 1.54) is 12.1 Å². The molecule has 0 bridgehead atoms. The van der Waals surface area contributed by atoms with Crippen LogP contribution in [0.4, 0.5) is 4.79 Å². The number of rotatable bonds is 7. The highest BCUT2D eigenvalue weighted by molar-refractivity contribution is 7.89. The summed E-state index contributed by atoms with van der Waals surface area (Å²) in [4.78, 5) is 27.3. The van der Waals surface area contributed by atoms with Crippen molar-refractivity contribution in [3.05, 3.63) is 101 Å². The molecule has 35 heavy (non-hydrogen) atoms. The van der Waals surface area contributed by atoms with Gasteiger partial charge in [-0.05, 0) is 42.3 Å². The van der Waals surface area contributed by atoms with E-state index in [1.54, 1.807) is 66.7 Å². The van der Waals surface area contributed by atoms with E-state index < -0.39 is 39.5 Å². The number of nitrogens with one attached hydrogen (secondary N) is 1. The van der Waals surface area contributed by atoms with Crippen molar-refractivity contribution in [3.8, 4) is 0 Å². The highest BCUT2D eigenvalue weighted by atomic mass is 35.5. The lowest BCUT2D eigenvalue weighted by molar-refractivity contribution is -0.131. The van der Waals surface area contributed by atoms with Crippen molar-refractivity contribution in [2.75, 3.05) is 6.61 Å². The normalized spacial score (nSPS) is 17.6. The van der Waals surface area contributed by atoms with Crippen LogP contribution in [0.25, 0.3) is 0 Å². The van der Waals surface area contributed by atoms with E-state index in [4.69, 9.17) is 27.9 Å². The zero-order chi connectivity index (χ0) is 25.2. The number of cyclic esters (lactones) is 1. The number of imide groups is 1. The molecule has 7 nitrogen and oxygen atoms in total. The van der Waals surface area contributed by atoms with Crippen molar-refractivity contribution in [1.29, 1.82) is 0 Å². The van der Waals surface area contributed by atoms with Crippen LogP contribution in [-0.2, 0) is 19.6 Å². The van der Waals surface area contributed by atoms with Gasteiger partial charge in [-0.2, -0.15) is 4.72 Å². The summed E-state index contributed by atoms with van der Waals surface area (Å²) in [6, 6.07) is 19.1. The summed E-state index contributed by atoms with van der Waals surface area (Å²) in [6.45, 7) is 1.77. The van der Waals surface area contributed by atoms with Gasteiger partial charge in [0.25, 0.3) is 5.91 Å². The smallest absolute Gasteiger partial charge is 0.417 e. The summed E-state index contributed by atoms with van der Waals surface area (Å²) in [5.74, 6) is -0.827. The molecule has 0 saturated carbocycles. The van der Waals surface area contributed by atoms with Gasteiger partial charge in [0.15, 0.2) is 0 Å². The SMILES string of the molecule is Cc1ccc(S(=O)(=O)N[C@H](C(=O)N2C(=O)OC[C@@H]2c2ccccc2)[C@@H](Cl)c2ccc(Cl)cc2)cc1. The summed E-state index contributed by atoms with van der Waals surface area (Å²) in [5, 5.41) is -0.696. The quantitative estimate of drug-likeness (QED) is 0.432. The van der Waals surface area contributed by atoms with Gasteiger partial charge in [-0.1, -0.05) is 71.8 Å². The molecule has 1 fully saturated rings. The zero-order valence-electron chi connectivity index (χ0n) is 18.6. The van der Waals surface area contributed by atoms with Crippen LogP contribution in [-0.4, -0.2) is 38.0 Å². The highest BCUT2D eigenvalue weighted by Gasteiger charge is 2.45. The molecule has 1 heterocycles. The third-order valence-corrected chi connectivity index (χ3v) is 7.87. The van der Waals surface area contributed by atoms with Crippen LogP contribution in [0.1, 0.15) is 28.1 Å². The molecule has 1 N–H and O–H groups in total. The molecule has 182 valence electrons. The molecule has 10 heteroatoms. The van der Waals surface area contributed by atoms with Gasteiger partial charge in [0.05, 0.1) is 10.3 Å². The number of ether oxygens (including phenoxy) is 1. The molecule has 0 spiro atoms. The minimum absolute atomic E-state index is 0.0375. The van der Waals surface area contributed by atoms with Gasteiger partial charge in [0.2, 0.25) is 10.0 Å². The first-order valence-electron chi connectivity index (χ1n) is 10.7. The van der Waals surface area contributed by atoms with Crippen molar-refractivity contribution in [2.24, 2.45) is 0 Å². The van der Waals surface area contributed by atoms with Crippen LogP contribution in [0.2, 0.25) is 5.02 Å². The molecule has 3 aromatic carbocycles. The Balaban J connectivity index is 1.73. The van der Waals surface area contributed by atoms with E-state index in [9.17, 15) is 18.0 Å². The molecule has 2 amide bonds. The fourth-order valence-corrected chi connectivity index (χ4v) is 5.48. The second kappa shape index (κ2) is 10.4. The number of nitrogens with zero attached hydrogens (tertiary/aromatic N) is 1. The van der Waals surface area contributed by atoms with Crippen LogP contribution in [0.15, 0.2) is 83.8 Å². The number of carbonyl (C=O) groups excluding carboxylic acids is 2. The Labute approximate surface area is 213 Å². The second-order valence-corrected chi connectivity index (χ2v) is 10.7. The van der Waals surface area contributed by atoms with Crippen molar-refractivity contribution in [1.82, 2.24) is 9.62 Å². The largest absolute Gasteiger partial charge is 0.446 e. The number of sulfonamides is 1. The van der Waals surface area contributed by atoms with Gasteiger partial charge < -0.3 is 4.74 Å². The second-order valence-electron chi connectivity index (χ2n) is 8.08. The fourth-order valence-electron chi connectivity index (χ4n) is 3.76. The number of benzene rings is 3. The van der Waals surface area contributed by atoms with E-state index in [0.29, 0.717) is 16.1 Å². The van der Waals surface area contributed by atoms with Crippen LogP contribution < -0.4 is 4.72 Å². The maximum Gasteiger partial charge on any atom is 0.417 e. The van der Waals surface area contributed by atoms with E-state index in [0.717, 1.165) is 10.5 Å². The maximum absolute atomic E-state index is 13.8. The Morgan fingerprint density at radius 3 is 2.29 bits per heavy atom. The molecular weight excluding hydrogens is 511 g/mol. The van der Waals surface area contributed by atoms with Crippen LogP contribution >= 0.6 is 23.2 Å². The van der Waals surface area contributed by atoms with Gasteiger partial charge in [-0.15, -0.1) is 11.6 Å². The number of amides is 2. The first-order valence-corrected chi connectivity index (χ1v) is 13.0. The Morgan fingerprint density at radius 2 is 1.66 bits per heavy atom. The van der Waals surface area contributed by atoms with E-state index >= 15 is 0 Å². The fraction of sp³-hybridized carbons (Fsp3) is 0.200. The number of aryl methyl sites for hydroxylation is 1. The molecular formula is C25H22Cl2N2O5S. The standard InChI is InChI=1S/C25H22Cl2N2O5S/c1-16-7-13-20(14-8-16)35(32,33)28-23(22(27)18-9-11-19(26)12-10-18)24(30)29-21(15-34-25(29)31)17-5-3-2-4-6-17/h2-14,21-23,28H,15H2,1H3/t21-,22+,23+/m1/s1. The molecule has 0 radical (unpaired) electrons. The first-order chi connectivity index (χ1) is 16.7. The van der Waals surface area contributed by atoms with Crippen LogP contribution in [0, 0.1) is 6.92 Å². The predicted octanol–water partition coefficient (Wildman–Crippen LogP) is 5.00. The zero-order valence-corrected chi connectivity index (χ0v) is 20.9. The number of hydrogen-bond donors (Lipinski definition) is 1. The lowest BCUT2D eigenvalue weighted by Gasteiger charge is -2.28. The minimum atomic E-state index is -4.17. The molecule has 1 aliphatic rings. The summed E-state index contributed by atoms with van der Waals surface area (Å²) < 4.78 is 34.0. The number of carbonyl (C=O) groups is 2. The Morgan fingerprint density at radius 1 is 1.03 bits per heavy atom. The molecule has 1 aliphatic heterocycles. The molecule has 0 unspecified atom stereocenters. The average Bonchev–Trinajstić information content (AvgIpc) is 3.24. The van der Waals surface area contributed by atoms with Crippen molar-refractivity contribution < 1.29 is 22.7 Å². The highest BCUT2D eigenvalue weighted by Crippen LogP contribution is 2.33. The van der Waals surface area contributed by atoms with Crippen LogP contribution in [0.3, 0.4) is 0 Å². The Hall–Kier alpha value is -2.91. The lowest BCUT2D eigenvalue weighted by atomic mass is 10.0. The summed E-state index contributed by atoms with van der Waals surface area (Å²) >= 11 is 12.7. The summed E-state index contributed by atoms with van der Waals surface area (Å²) in [7, 11) is -4.17. The maximum atomic E-state index is 13.8. The Bertz CT molecular complexity index is 1320. The summed E-state index contributed by atoms with van der Waals surface area (Å²) in [6.07, 6.45) is -0.872. The predicted molar refractivity (Wildman–Crippen MR) is 133 cm³/mol. The van der Waals surface area contributed by atoms with Gasteiger partial charge in [-0.25, -0.2) is 18.1 Å². The topological polar surface area (TPSA) is 92.8 Å². The van der Waals surface area contributed by atoms with Gasteiger partial charge in [0, 0.05) is 5.02 Å². The van der Waals surface area contributed by atoms with Crippen molar-refractivity contribution >= 4 is 45.2 Å².